The second kappa shape index (κ2) is 15.6. The quantitative estimate of drug-likeness (QED) is 0.103. The Bertz CT molecular complexity index is 914. The molecule has 0 aromatic heterocycles. The van der Waals surface area contributed by atoms with Crippen LogP contribution in [0.2, 0.25) is 0 Å². The first-order valence-corrected chi connectivity index (χ1v) is 14.1. The molecule has 264 valence electrons. The van der Waals surface area contributed by atoms with Gasteiger partial charge in [-0.1, -0.05) is 0 Å². The van der Waals surface area contributed by atoms with E-state index in [1.165, 1.54) is 0 Å². The van der Waals surface area contributed by atoms with Crippen LogP contribution in [0.4, 0.5) is 0 Å². The second-order valence-corrected chi connectivity index (χ2v) is 11.2. The molecule has 0 aromatic rings. The van der Waals surface area contributed by atoms with Gasteiger partial charge in [0.2, 0.25) is 0 Å². The molecule has 4 aliphatic heterocycles. The lowest BCUT2D eigenvalue weighted by atomic mass is 9.97. The van der Waals surface area contributed by atoms with Gasteiger partial charge >= 0.3 is 0 Å². The van der Waals surface area contributed by atoms with Gasteiger partial charge in [0, 0.05) is 0 Å². The van der Waals surface area contributed by atoms with E-state index in [1.54, 1.807) is 0 Å². The molecule has 0 unspecified atom stereocenters. The van der Waals surface area contributed by atoms with Gasteiger partial charge in [0.25, 0.3) is 0 Å². The van der Waals surface area contributed by atoms with Crippen molar-refractivity contribution in [1.29, 1.82) is 0 Å². The third-order valence-electron chi connectivity index (χ3n) is 8.17. The summed E-state index contributed by atoms with van der Waals surface area (Å²) in [6, 6.07) is 0. The maximum Gasteiger partial charge on any atom is 0.187 e. The Balaban J connectivity index is 1.37. The van der Waals surface area contributed by atoms with E-state index >= 15 is 0 Å². The Morgan fingerprint density at radius 2 is 0.778 bits per heavy atom. The topological polar surface area (TPSA) is 348 Å². The number of hydrogen-bond donors (Lipinski definition) is 14. The number of rotatable bonds is 10. The van der Waals surface area contributed by atoms with Crippen molar-refractivity contribution in [3.05, 3.63) is 0 Å². The van der Waals surface area contributed by atoms with Crippen molar-refractivity contribution in [3.63, 3.8) is 0 Å². The summed E-state index contributed by atoms with van der Waals surface area (Å²) in [5.74, 6) is 0. The number of hydrogen-bond acceptors (Lipinski definition) is 21. The van der Waals surface area contributed by atoms with Crippen molar-refractivity contribution in [2.75, 3.05) is 26.4 Å². The van der Waals surface area contributed by atoms with Crippen LogP contribution in [0.15, 0.2) is 0 Å². The van der Waals surface area contributed by atoms with E-state index in [1.807, 2.05) is 0 Å². The first-order valence-electron chi connectivity index (χ1n) is 14.1. The Labute approximate surface area is 254 Å². The summed E-state index contributed by atoms with van der Waals surface area (Å²) in [7, 11) is 0. The van der Waals surface area contributed by atoms with Gasteiger partial charge in [-0.05, 0) is 0 Å². The van der Waals surface area contributed by atoms with E-state index in [0.29, 0.717) is 0 Å². The molecular weight excluding hydrogens is 624 g/mol. The minimum Gasteiger partial charge on any atom is -0.394 e. The molecule has 21 nitrogen and oxygen atoms in total. The third-order valence-corrected chi connectivity index (χ3v) is 8.17. The monoisotopic (exact) mass is 666 g/mol. The zero-order chi connectivity index (χ0) is 33.3. The lowest BCUT2D eigenvalue weighted by molar-refractivity contribution is -0.363. The lowest BCUT2D eigenvalue weighted by Gasteiger charge is -2.46. The van der Waals surface area contributed by atoms with Gasteiger partial charge in [-0.3, -0.25) is 0 Å². The maximum atomic E-state index is 10.5. The number of aliphatic hydroxyl groups excluding tert-OH is 14. The van der Waals surface area contributed by atoms with Gasteiger partial charge in [0.15, 0.2) is 25.2 Å². The molecule has 0 spiro atoms. The Kier molecular flexibility index (Phi) is 12.8. The van der Waals surface area contributed by atoms with Gasteiger partial charge in [-0.15, -0.1) is 0 Å². The standard InChI is InChI=1S/C24H42O21/c25-1-5-9(27)12(30)17(35)22(42-5)39-3-7-10(28)13(31)18(36)23(43-7)40-4-8-11(29)14(32)19(37)24(44-8)45-20-6(2-26)41-21(38)16(34)15(20)33/h5-38H,1-4H2/t5-,6-,7-,8-,9-,10-,11-,12+,13+,14+,15-,16-,17-,18-,19-,20-,21-,22-,23-,24+/m1/s1. The van der Waals surface area contributed by atoms with Crippen LogP contribution in [0.25, 0.3) is 0 Å². The molecule has 21 heteroatoms. The van der Waals surface area contributed by atoms with Crippen molar-refractivity contribution in [2.24, 2.45) is 0 Å². The first kappa shape index (κ1) is 37.0. The van der Waals surface area contributed by atoms with E-state index < -0.39 is 149 Å². The van der Waals surface area contributed by atoms with Crippen LogP contribution in [0, 0.1) is 0 Å². The molecule has 0 amide bonds. The van der Waals surface area contributed by atoms with Crippen LogP contribution in [0.3, 0.4) is 0 Å². The lowest BCUT2D eigenvalue weighted by Crippen LogP contribution is -2.65. The highest BCUT2D eigenvalue weighted by molar-refractivity contribution is 4.95. The minimum atomic E-state index is -1.94. The molecule has 4 rings (SSSR count). The van der Waals surface area contributed by atoms with E-state index in [2.05, 4.69) is 0 Å². The van der Waals surface area contributed by atoms with Gasteiger partial charge < -0.3 is 105 Å². The molecule has 45 heavy (non-hydrogen) atoms. The summed E-state index contributed by atoms with van der Waals surface area (Å²) in [6.07, 6.45) is -34.6. The largest absolute Gasteiger partial charge is 0.394 e. The fourth-order valence-electron chi connectivity index (χ4n) is 5.33. The van der Waals surface area contributed by atoms with E-state index in [9.17, 15) is 71.5 Å². The summed E-state index contributed by atoms with van der Waals surface area (Å²) >= 11 is 0. The predicted octanol–water partition coefficient (Wildman–Crippen LogP) is -9.75. The number of aliphatic hydroxyl groups is 14. The molecular formula is C24H42O21. The van der Waals surface area contributed by atoms with Crippen molar-refractivity contribution < 1.29 is 105 Å². The first-order chi connectivity index (χ1) is 21.2. The fraction of sp³-hybridized carbons (Fsp3) is 1.00. The zero-order valence-corrected chi connectivity index (χ0v) is 23.5. The highest BCUT2D eigenvalue weighted by atomic mass is 16.8. The van der Waals surface area contributed by atoms with Crippen LogP contribution in [0.1, 0.15) is 0 Å². The molecule has 4 heterocycles. The summed E-state index contributed by atoms with van der Waals surface area (Å²) in [4.78, 5) is 0. The van der Waals surface area contributed by atoms with Crippen LogP contribution in [-0.2, 0) is 33.2 Å². The van der Waals surface area contributed by atoms with E-state index in [4.69, 9.17) is 33.2 Å². The molecule has 4 aliphatic rings. The van der Waals surface area contributed by atoms with E-state index in [0.717, 1.165) is 0 Å². The molecule has 0 aromatic carbocycles. The SMILES string of the molecule is OC[C@H]1O[C@@H](OC[C@H]2O[C@@H](OC[C@H]3O[C@@H](O[C@H]4[C@H](O)[C@@H](O)[C@H](O)O[C@@H]4CO)[C@H](O)[C@@H](O)[C@@H]3O)[C@H](O)[C@@H](O)[C@@H]2O)[C@H](O)[C@@H](O)[C@@H]1O. The molecule has 4 fully saturated rings. The molecule has 20 atom stereocenters. The Morgan fingerprint density at radius 1 is 0.378 bits per heavy atom. The van der Waals surface area contributed by atoms with Crippen LogP contribution in [0.5, 0.6) is 0 Å². The normalized spacial score (nSPS) is 52.9. The van der Waals surface area contributed by atoms with Crippen LogP contribution >= 0.6 is 0 Å². The van der Waals surface area contributed by atoms with Gasteiger partial charge in [-0.25, -0.2) is 0 Å². The third kappa shape index (κ3) is 7.75. The molecule has 14 N–H and O–H groups in total. The second-order valence-electron chi connectivity index (χ2n) is 11.2. The van der Waals surface area contributed by atoms with Crippen LogP contribution in [-0.4, -0.2) is 221 Å². The molecule has 4 saturated heterocycles. The average molecular weight is 667 g/mol. The highest BCUT2D eigenvalue weighted by Gasteiger charge is 2.52. The van der Waals surface area contributed by atoms with Crippen molar-refractivity contribution in [1.82, 2.24) is 0 Å². The summed E-state index contributed by atoms with van der Waals surface area (Å²) in [5.41, 5.74) is 0. The van der Waals surface area contributed by atoms with E-state index in [-0.39, 0.29) is 0 Å². The van der Waals surface area contributed by atoms with Crippen molar-refractivity contribution >= 4 is 0 Å². The predicted molar refractivity (Wildman–Crippen MR) is 134 cm³/mol. The smallest absolute Gasteiger partial charge is 0.187 e. The summed E-state index contributed by atoms with van der Waals surface area (Å²) < 4.78 is 37.4. The Hall–Kier alpha value is -0.840. The summed E-state index contributed by atoms with van der Waals surface area (Å²) in [5, 5.41) is 141. The minimum absolute atomic E-state index is 0.644. The molecule has 0 aliphatic carbocycles. The molecule has 0 saturated carbocycles. The fourth-order valence-corrected chi connectivity index (χ4v) is 5.33. The zero-order valence-electron chi connectivity index (χ0n) is 23.5. The highest BCUT2D eigenvalue weighted by Crippen LogP contribution is 2.30. The molecule has 0 radical (unpaired) electrons. The summed E-state index contributed by atoms with van der Waals surface area (Å²) in [6.45, 7) is -2.90. The van der Waals surface area contributed by atoms with Gasteiger partial charge in [0.05, 0.1) is 26.4 Å². The molecule has 0 bridgehead atoms. The Morgan fingerprint density at radius 3 is 1.24 bits per heavy atom. The number of ether oxygens (including phenoxy) is 7. The van der Waals surface area contributed by atoms with Gasteiger partial charge in [0.1, 0.15) is 97.7 Å². The maximum absolute atomic E-state index is 10.5. The van der Waals surface area contributed by atoms with Crippen molar-refractivity contribution in [2.45, 2.75) is 123 Å². The van der Waals surface area contributed by atoms with Crippen molar-refractivity contribution in [3.8, 4) is 0 Å². The van der Waals surface area contributed by atoms with Crippen LogP contribution < -0.4 is 0 Å². The average Bonchev–Trinajstić information content (AvgIpc) is 3.03. The van der Waals surface area contributed by atoms with Gasteiger partial charge in [-0.2, -0.15) is 0 Å².